The van der Waals surface area contributed by atoms with Crippen LogP contribution in [-0.4, -0.2) is 45.1 Å². The molecule has 2 aromatic heterocycles. The Bertz CT molecular complexity index is 1160. The SMILES string of the molecule is Cc1cnc(N)c2nc(-c3cccc(C#C[C@]4(O)CCN(C)C4=O)c3)ccc12. The van der Waals surface area contributed by atoms with Crippen molar-refractivity contribution in [2.24, 2.45) is 0 Å². The molecule has 1 amide bonds. The third kappa shape index (κ3) is 3.06. The number of fused-ring (bicyclic) bond motifs is 1. The second-order valence-corrected chi connectivity index (χ2v) is 7.09. The van der Waals surface area contributed by atoms with Crippen LogP contribution >= 0.6 is 0 Å². The van der Waals surface area contributed by atoms with Crippen LogP contribution < -0.4 is 5.73 Å². The van der Waals surface area contributed by atoms with Gasteiger partial charge in [-0.3, -0.25) is 4.79 Å². The van der Waals surface area contributed by atoms with E-state index in [1.54, 1.807) is 13.2 Å². The van der Waals surface area contributed by atoms with Crippen LogP contribution in [0.5, 0.6) is 0 Å². The maximum absolute atomic E-state index is 12.1. The first-order valence-corrected chi connectivity index (χ1v) is 9.01. The van der Waals surface area contributed by atoms with Crippen molar-refractivity contribution in [3.8, 4) is 23.1 Å². The maximum atomic E-state index is 12.1. The number of likely N-dealkylation sites (N-methyl/N-ethyl adjacent to an activating group) is 1. The van der Waals surface area contributed by atoms with Crippen molar-refractivity contribution < 1.29 is 9.90 Å². The van der Waals surface area contributed by atoms with Crippen LogP contribution in [0.25, 0.3) is 22.2 Å². The number of likely N-dealkylation sites (tertiary alicyclic amines) is 1. The number of hydrogen-bond donors (Lipinski definition) is 2. The molecular weight excluding hydrogens is 352 g/mol. The van der Waals surface area contributed by atoms with E-state index in [1.807, 2.05) is 43.3 Å². The van der Waals surface area contributed by atoms with E-state index < -0.39 is 5.60 Å². The van der Waals surface area contributed by atoms with Crippen LogP contribution in [-0.2, 0) is 4.79 Å². The molecule has 3 aromatic rings. The maximum Gasteiger partial charge on any atom is 0.267 e. The van der Waals surface area contributed by atoms with E-state index >= 15 is 0 Å². The summed E-state index contributed by atoms with van der Waals surface area (Å²) < 4.78 is 0. The quantitative estimate of drug-likeness (QED) is 0.639. The van der Waals surface area contributed by atoms with Crippen LogP contribution in [0, 0.1) is 18.8 Å². The van der Waals surface area contributed by atoms with Crippen molar-refractivity contribution in [1.82, 2.24) is 14.9 Å². The van der Waals surface area contributed by atoms with Gasteiger partial charge >= 0.3 is 0 Å². The average molecular weight is 372 g/mol. The Morgan fingerprint density at radius 3 is 2.86 bits per heavy atom. The number of nitrogen functional groups attached to an aromatic ring is 1. The van der Waals surface area contributed by atoms with Gasteiger partial charge in [-0.15, -0.1) is 0 Å². The fourth-order valence-electron chi connectivity index (χ4n) is 3.33. The van der Waals surface area contributed by atoms with Gasteiger partial charge in [-0.05, 0) is 30.7 Å². The Morgan fingerprint density at radius 2 is 2.11 bits per heavy atom. The minimum Gasteiger partial charge on any atom is -0.382 e. The minimum absolute atomic E-state index is 0.312. The van der Waals surface area contributed by atoms with Crippen molar-refractivity contribution in [3.05, 3.63) is 53.7 Å². The molecule has 1 aliphatic rings. The van der Waals surface area contributed by atoms with Gasteiger partial charge in [-0.25, -0.2) is 9.97 Å². The van der Waals surface area contributed by atoms with Gasteiger partial charge in [0.25, 0.3) is 5.91 Å². The number of rotatable bonds is 1. The van der Waals surface area contributed by atoms with Crippen LogP contribution in [0.1, 0.15) is 17.5 Å². The molecule has 6 nitrogen and oxygen atoms in total. The molecule has 140 valence electrons. The Balaban J connectivity index is 1.71. The molecule has 0 saturated carbocycles. The average Bonchev–Trinajstić information content (AvgIpc) is 2.97. The smallest absolute Gasteiger partial charge is 0.267 e. The molecule has 0 unspecified atom stereocenters. The number of pyridine rings is 2. The van der Waals surface area contributed by atoms with Gasteiger partial charge in [0.2, 0.25) is 5.60 Å². The molecule has 1 fully saturated rings. The first-order valence-electron chi connectivity index (χ1n) is 9.01. The number of aryl methyl sites for hydroxylation is 1. The lowest BCUT2D eigenvalue weighted by Crippen LogP contribution is -2.37. The molecule has 0 aliphatic carbocycles. The number of carbonyl (C=O) groups excluding carboxylic acids is 1. The summed E-state index contributed by atoms with van der Waals surface area (Å²) in [7, 11) is 1.66. The van der Waals surface area contributed by atoms with Crippen molar-refractivity contribution in [1.29, 1.82) is 0 Å². The van der Waals surface area contributed by atoms with E-state index in [-0.39, 0.29) is 5.91 Å². The molecule has 0 radical (unpaired) electrons. The van der Waals surface area contributed by atoms with Gasteiger partial charge in [0.05, 0.1) is 5.69 Å². The standard InChI is InChI=1S/C22H20N4O2/c1-14-13-24-20(23)19-17(14)6-7-18(25-19)16-5-3-4-15(12-16)8-9-22(28)10-11-26(2)21(22)27/h3-7,12-13,28H,10-11H2,1-2H3,(H2,23,24)/t22-/m0/s1. The Kier molecular flexibility index (Phi) is 4.25. The highest BCUT2D eigenvalue weighted by Gasteiger charge is 2.42. The van der Waals surface area contributed by atoms with Gasteiger partial charge in [0.15, 0.2) is 0 Å². The number of benzene rings is 1. The van der Waals surface area contributed by atoms with Crippen LogP contribution in [0.2, 0.25) is 0 Å². The van der Waals surface area contributed by atoms with E-state index in [4.69, 9.17) is 5.73 Å². The highest BCUT2D eigenvalue weighted by Crippen LogP contribution is 2.26. The lowest BCUT2D eigenvalue weighted by atomic mass is 10.0. The number of nitrogens with zero attached hydrogens (tertiary/aromatic N) is 3. The fourth-order valence-corrected chi connectivity index (χ4v) is 3.33. The summed E-state index contributed by atoms with van der Waals surface area (Å²) in [5.41, 5.74) is 8.40. The van der Waals surface area contributed by atoms with Gasteiger partial charge in [0.1, 0.15) is 11.3 Å². The summed E-state index contributed by atoms with van der Waals surface area (Å²) in [4.78, 5) is 22.4. The van der Waals surface area contributed by atoms with E-state index in [0.717, 1.165) is 22.2 Å². The van der Waals surface area contributed by atoms with Gasteiger partial charge in [0, 0.05) is 42.7 Å². The predicted octanol–water partition coefficient (Wildman–Crippen LogP) is 2.13. The molecule has 4 rings (SSSR count). The molecule has 3 N–H and O–H groups in total. The van der Waals surface area contributed by atoms with Gasteiger partial charge in [-0.2, -0.15) is 0 Å². The highest BCUT2D eigenvalue weighted by molar-refractivity contribution is 5.91. The summed E-state index contributed by atoms with van der Waals surface area (Å²) in [6.07, 6.45) is 2.05. The van der Waals surface area contributed by atoms with Crippen LogP contribution in [0.15, 0.2) is 42.6 Å². The Labute approximate surface area is 163 Å². The van der Waals surface area contributed by atoms with E-state index in [1.165, 1.54) is 4.90 Å². The summed E-state index contributed by atoms with van der Waals surface area (Å²) in [5, 5.41) is 11.4. The zero-order chi connectivity index (χ0) is 19.9. The lowest BCUT2D eigenvalue weighted by molar-refractivity contribution is -0.137. The molecule has 1 aliphatic heterocycles. The molecular formula is C22H20N4O2. The van der Waals surface area contributed by atoms with Crippen molar-refractivity contribution in [2.45, 2.75) is 18.9 Å². The number of carbonyl (C=O) groups is 1. The summed E-state index contributed by atoms with van der Waals surface area (Å²) in [6, 6.07) is 11.4. The third-order valence-electron chi connectivity index (χ3n) is 5.04. The monoisotopic (exact) mass is 372 g/mol. The molecule has 1 aromatic carbocycles. The Morgan fingerprint density at radius 1 is 1.29 bits per heavy atom. The minimum atomic E-state index is -1.61. The molecule has 6 heteroatoms. The van der Waals surface area contributed by atoms with Crippen molar-refractivity contribution in [2.75, 3.05) is 19.3 Å². The van der Waals surface area contributed by atoms with Gasteiger partial charge < -0.3 is 15.7 Å². The van der Waals surface area contributed by atoms with Crippen LogP contribution in [0.3, 0.4) is 0 Å². The van der Waals surface area contributed by atoms with Gasteiger partial charge in [-0.1, -0.05) is 30.0 Å². The number of nitrogens with two attached hydrogens (primary N) is 1. The molecule has 1 saturated heterocycles. The summed E-state index contributed by atoms with van der Waals surface area (Å²) in [6.45, 7) is 2.47. The largest absolute Gasteiger partial charge is 0.382 e. The molecule has 1 atom stereocenters. The van der Waals surface area contributed by atoms with Crippen molar-refractivity contribution in [3.63, 3.8) is 0 Å². The van der Waals surface area contributed by atoms with E-state index in [2.05, 4.69) is 21.8 Å². The van der Waals surface area contributed by atoms with E-state index in [0.29, 0.717) is 29.9 Å². The lowest BCUT2D eigenvalue weighted by Gasteiger charge is -2.13. The first-order chi connectivity index (χ1) is 13.4. The third-order valence-corrected chi connectivity index (χ3v) is 5.04. The summed E-state index contributed by atoms with van der Waals surface area (Å²) >= 11 is 0. The normalized spacial score (nSPS) is 19.0. The molecule has 3 heterocycles. The predicted molar refractivity (Wildman–Crippen MR) is 108 cm³/mol. The molecule has 0 bridgehead atoms. The number of hydrogen-bond acceptors (Lipinski definition) is 5. The number of amides is 1. The topological polar surface area (TPSA) is 92.3 Å². The number of anilines is 1. The second kappa shape index (κ2) is 6.63. The molecule has 28 heavy (non-hydrogen) atoms. The van der Waals surface area contributed by atoms with Crippen LogP contribution in [0.4, 0.5) is 5.82 Å². The highest BCUT2D eigenvalue weighted by atomic mass is 16.3. The fraction of sp³-hybridized carbons (Fsp3) is 0.227. The Hall–Kier alpha value is -3.43. The zero-order valence-corrected chi connectivity index (χ0v) is 15.7. The second-order valence-electron chi connectivity index (χ2n) is 7.09. The summed E-state index contributed by atoms with van der Waals surface area (Å²) in [5.74, 6) is 5.71. The first kappa shape index (κ1) is 18.0. The van der Waals surface area contributed by atoms with E-state index in [9.17, 15) is 9.90 Å². The molecule has 0 spiro atoms. The van der Waals surface area contributed by atoms with Crippen molar-refractivity contribution >= 4 is 22.6 Å². The number of aliphatic hydroxyl groups is 1. The number of aromatic nitrogens is 2. The zero-order valence-electron chi connectivity index (χ0n) is 15.7.